The average molecular weight is 646 g/mol. The van der Waals surface area contributed by atoms with E-state index in [1.165, 1.54) is 6.42 Å². The SMILES string of the molecule is [CH2-]OCC(O)COCC(=O)N1CCCCC1.[CH2-]OCC(O)COCCO.[Rf]. The van der Waals surface area contributed by atoms with Gasteiger partial charge in [0.15, 0.2) is 0 Å². The topological polar surface area (TPSA) is 118 Å². The molecule has 3 N–H and O–H groups in total. The zero-order chi connectivity index (χ0) is 19.6. The summed E-state index contributed by atoms with van der Waals surface area (Å²) in [5.74, 6) is 0.00226. The van der Waals surface area contributed by atoms with Crippen LogP contribution < -0.4 is 0 Å². The quantitative estimate of drug-likeness (QED) is 0.189. The smallest absolute Gasteiger partial charge is 0.248 e. The van der Waals surface area contributed by atoms with E-state index in [9.17, 15) is 9.90 Å². The van der Waals surface area contributed by atoms with Gasteiger partial charge >= 0.3 is 0 Å². The summed E-state index contributed by atoms with van der Waals surface area (Å²) in [6.45, 7) is 2.47. The first-order chi connectivity index (χ1) is 12.5. The second-order valence-corrected chi connectivity index (χ2v) is 5.80. The Labute approximate surface area is 155 Å². The molecular formula is C17H33NO8Rf-2. The molecule has 2 atom stereocenters. The van der Waals surface area contributed by atoms with Crippen molar-refractivity contribution in [2.75, 3.05) is 59.3 Å². The van der Waals surface area contributed by atoms with Crippen LogP contribution in [0.4, 0.5) is 0 Å². The van der Waals surface area contributed by atoms with Gasteiger partial charge in [-0.05, 0) is 19.3 Å². The molecule has 1 saturated heterocycles. The number of ether oxygens (including phenoxy) is 4. The van der Waals surface area contributed by atoms with E-state index in [0.29, 0.717) is 0 Å². The molecule has 10 heteroatoms. The third-order valence-electron chi connectivity index (χ3n) is 3.41. The van der Waals surface area contributed by atoms with Crippen LogP contribution in [0.3, 0.4) is 0 Å². The van der Waals surface area contributed by atoms with E-state index < -0.39 is 12.2 Å². The third kappa shape index (κ3) is 16.1. The summed E-state index contributed by atoms with van der Waals surface area (Å²) >= 11 is 0. The van der Waals surface area contributed by atoms with Crippen LogP contribution in [0.25, 0.3) is 0 Å². The fourth-order valence-electron chi connectivity index (χ4n) is 2.17. The first kappa shape index (κ1) is 27.4. The zero-order valence-electron chi connectivity index (χ0n) is 16.1. The number of amides is 1. The van der Waals surface area contributed by atoms with E-state index >= 15 is 0 Å². The molecule has 1 rings (SSSR count). The molecule has 0 radical (unpaired) electrons. The van der Waals surface area contributed by atoms with Crippen molar-refractivity contribution in [3.05, 3.63) is 14.2 Å². The molecule has 158 valence electrons. The maximum absolute atomic E-state index is 11.6. The Morgan fingerprint density at radius 3 is 1.93 bits per heavy atom. The number of aliphatic hydroxyl groups is 3. The van der Waals surface area contributed by atoms with Crippen molar-refractivity contribution in [3.63, 3.8) is 0 Å². The van der Waals surface area contributed by atoms with Gasteiger partial charge in [0.2, 0.25) is 5.91 Å². The van der Waals surface area contributed by atoms with Crippen LogP contribution in [0.1, 0.15) is 19.3 Å². The summed E-state index contributed by atoms with van der Waals surface area (Å²) in [4.78, 5) is 13.4. The van der Waals surface area contributed by atoms with Crippen LogP contribution in [0.5, 0.6) is 0 Å². The molecule has 1 fully saturated rings. The molecule has 0 aromatic rings. The molecule has 1 heterocycles. The molecule has 0 saturated carbocycles. The summed E-state index contributed by atoms with van der Waals surface area (Å²) in [7, 11) is 6.24. The normalized spacial score (nSPS) is 16.0. The van der Waals surface area contributed by atoms with Crippen molar-refractivity contribution in [2.24, 2.45) is 0 Å². The number of piperidine rings is 1. The van der Waals surface area contributed by atoms with Crippen LogP contribution in [0.15, 0.2) is 0 Å². The molecule has 0 aliphatic carbocycles. The van der Waals surface area contributed by atoms with Crippen LogP contribution >= 0.6 is 0 Å². The monoisotopic (exact) mass is 646 g/mol. The van der Waals surface area contributed by atoms with Gasteiger partial charge in [-0.1, -0.05) is 0 Å². The molecule has 0 spiro atoms. The number of rotatable bonds is 12. The van der Waals surface area contributed by atoms with Crippen LogP contribution in [-0.4, -0.2) is 97.7 Å². The van der Waals surface area contributed by atoms with Crippen molar-refractivity contribution < 1.29 is 39.1 Å². The number of nitrogens with zero attached hydrogens (tertiary/aromatic N) is 1. The van der Waals surface area contributed by atoms with Crippen molar-refractivity contribution in [2.45, 2.75) is 31.5 Å². The Balaban J connectivity index is 0. The number of hydrogen-bond acceptors (Lipinski definition) is 8. The number of likely N-dealkylation sites (tertiary alicyclic amines) is 1. The van der Waals surface area contributed by atoms with Gasteiger partial charge in [0.05, 0.1) is 38.6 Å². The Bertz CT molecular complexity index is 332. The fourth-order valence-corrected chi connectivity index (χ4v) is 2.17. The van der Waals surface area contributed by atoms with Crippen molar-refractivity contribution in [3.8, 4) is 0 Å². The first-order valence-corrected chi connectivity index (χ1v) is 8.69. The molecule has 1 aliphatic rings. The third-order valence-corrected chi connectivity index (χ3v) is 3.41. The maximum Gasteiger partial charge on any atom is 0.248 e. The summed E-state index contributed by atoms with van der Waals surface area (Å²) < 4.78 is 18.8. The average Bonchev–Trinajstić information content (AvgIpc) is 2.63. The minimum absolute atomic E-state index is 0. The molecule has 1 amide bonds. The maximum atomic E-state index is 11.6. The minimum Gasteiger partial charge on any atom is -0.553 e. The Morgan fingerprint density at radius 2 is 1.44 bits per heavy atom. The van der Waals surface area contributed by atoms with Gasteiger partial charge in [-0.2, -0.15) is 0 Å². The van der Waals surface area contributed by atoms with Gasteiger partial charge in [-0.15, -0.1) is 0 Å². The Morgan fingerprint density at radius 1 is 0.926 bits per heavy atom. The molecule has 27 heavy (non-hydrogen) atoms. The van der Waals surface area contributed by atoms with Crippen molar-refractivity contribution in [1.82, 2.24) is 4.90 Å². The summed E-state index contributed by atoms with van der Waals surface area (Å²) in [6.07, 6.45) is 1.98. The predicted octanol–water partition coefficient (Wildman–Crippen LogP) is -0.651. The van der Waals surface area contributed by atoms with E-state index in [2.05, 4.69) is 23.7 Å². The molecule has 0 aromatic carbocycles. The molecule has 0 bridgehead atoms. The first-order valence-electron chi connectivity index (χ1n) is 8.69. The second kappa shape index (κ2) is 19.0. The zero-order valence-corrected chi connectivity index (χ0v) is 22.5. The number of hydrogen-bond donors (Lipinski definition) is 3. The fraction of sp³-hybridized carbons (Fsp3) is 0.824. The van der Waals surface area contributed by atoms with Crippen LogP contribution in [-0.2, 0) is 23.7 Å². The van der Waals surface area contributed by atoms with Gasteiger partial charge in [0, 0.05) is 26.3 Å². The number of carbonyl (C=O) groups is 1. The molecule has 1 aliphatic heterocycles. The van der Waals surface area contributed by atoms with Crippen LogP contribution in [0.2, 0.25) is 0 Å². The number of carbonyl (C=O) groups excluding carboxylic acids is 1. The minimum atomic E-state index is -0.716. The standard InChI is InChI=1S/C11H20NO4.C6H13O4.Rf/c1-15-7-10(13)8-16-9-11(14)12-5-3-2-4-6-12;1-9-4-6(8)5-10-3-2-7;/h10,13H,1-9H2;6-8H,1-5H2;/q2*-1;. The predicted molar refractivity (Wildman–Crippen MR) is 93.8 cm³/mol. The van der Waals surface area contributed by atoms with Gasteiger partial charge in [-0.25, -0.2) is 14.2 Å². The molecular weight excluding hydrogens is 613 g/mol. The number of aliphatic hydroxyl groups excluding tert-OH is 3. The van der Waals surface area contributed by atoms with Gasteiger partial charge in [0.1, 0.15) is 6.61 Å². The summed E-state index contributed by atoms with van der Waals surface area (Å²) in [6, 6.07) is 0. The summed E-state index contributed by atoms with van der Waals surface area (Å²) in [5.41, 5.74) is 0. The molecule has 2 unspecified atom stereocenters. The van der Waals surface area contributed by atoms with E-state index in [4.69, 9.17) is 19.7 Å². The van der Waals surface area contributed by atoms with Crippen molar-refractivity contribution in [1.29, 1.82) is 0 Å². The van der Waals surface area contributed by atoms with Crippen LogP contribution in [0, 0.1) is 14.2 Å². The summed E-state index contributed by atoms with van der Waals surface area (Å²) in [5, 5.41) is 26.4. The Hall–Kier alpha value is -1.81. The molecule has 9 nitrogen and oxygen atoms in total. The van der Waals surface area contributed by atoms with E-state index in [1.807, 2.05) is 4.90 Å². The van der Waals surface area contributed by atoms with E-state index in [0.717, 1.165) is 25.9 Å². The van der Waals surface area contributed by atoms with Gasteiger partial charge in [0.25, 0.3) is 0 Å². The second-order valence-electron chi connectivity index (χ2n) is 5.80. The Kier molecular flexibility index (Phi) is 19.3. The molecule has 0 aromatic heterocycles. The van der Waals surface area contributed by atoms with Crippen molar-refractivity contribution >= 4 is 5.91 Å². The largest absolute Gasteiger partial charge is 0.553 e. The van der Waals surface area contributed by atoms with Gasteiger partial charge in [-0.3, -0.25) is 4.79 Å². The van der Waals surface area contributed by atoms with E-state index in [1.54, 1.807) is 0 Å². The van der Waals surface area contributed by atoms with E-state index in [-0.39, 0.29) is 52.2 Å². The van der Waals surface area contributed by atoms with Gasteiger partial charge < -0.3 is 39.2 Å².